The van der Waals surface area contributed by atoms with Crippen LogP contribution in [0.3, 0.4) is 0 Å². The number of piperazine rings is 1. The second-order valence-corrected chi connectivity index (χ2v) is 10.2. The van der Waals surface area contributed by atoms with Crippen LogP contribution in [0.2, 0.25) is 0 Å². The third-order valence-corrected chi connectivity index (χ3v) is 8.46. The lowest BCUT2D eigenvalue weighted by molar-refractivity contribution is 0.00944. The van der Waals surface area contributed by atoms with Crippen molar-refractivity contribution in [3.63, 3.8) is 0 Å². The van der Waals surface area contributed by atoms with E-state index in [0.717, 1.165) is 25.1 Å². The van der Waals surface area contributed by atoms with Gasteiger partial charge < -0.3 is 14.5 Å². The summed E-state index contributed by atoms with van der Waals surface area (Å²) in [6, 6.07) is 1.98. The number of hydrogen-bond donors (Lipinski definition) is 0. The molecule has 172 valence electrons. The van der Waals surface area contributed by atoms with Crippen LogP contribution in [0.15, 0.2) is 12.4 Å². The highest BCUT2D eigenvalue weighted by molar-refractivity contribution is 5.38. The number of aromatic nitrogens is 2. The van der Waals surface area contributed by atoms with E-state index in [-0.39, 0.29) is 0 Å². The van der Waals surface area contributed by atoms with Crippen LogP contribution in [0.4, 0.5) is 5.95 Å². The van der Waals surface area contributed by atoms with Crippen molar-refractivity contribution < 1.29 is 4.74 Å². The van der Waals surface area contributed by atoms with Gasteiger partial charge >= 0.3 is 0 Å². The number of piperidine rings is 1. The van der Waals surface area contributed by atoms with Gasteiger partial charge in [-0.25, -0.2) is 9.97 Å². The number of likely N-dealkylation sites (N-methyl/N-ethyl adjacent to an activating group) is 1. The molecule has 0 aromatic carbocycles. The molecule has 5 rings (SSSR count). The summed E-state index contributed by atoms with van der Waals surface area (Å²) in [6.45, 7) is 11.2. The van der Waals surface area contributed by atoms with Crippen molar-refractivity contribution in [2.75, 3.05) is 44.2 Å². The Kier molecular flexibility index (Phi) is 6.77. The Morgan fingerprint density at radius 3 is 2.03 bits per heavy atom. The Bertz CT molecular complexity index is 682. The molecule has 2 bridgehead atoms. The van der Waals surface area contributed by atoms with Gasteiger partial charge in [-0.2, -0.15) is 0 Å². The molecule has 31 heavy (non-hydrogen) atoms. The fourth-order valence-corrected chi connectivity index (χ4v) is 6.66. The van der Waals surface area contributed by atoms with Crippen LogP contribution in [0, 0.1) is 0 Å². The molecule has 0 radical (unpaired) electrons. The smallest absolute Gasteiger partial charge is 0.225 e. The van der Waals surface area contributed by atoms with Gasteiger partial charge in [0, 0.05) is 50.2 Å². The van der Waals surface area contributed by atoms with Crippen molar-refractivity contribution in [2.24, 2.45) is 0 Å². The van der Waals surface area contributed by atoms with Gasteiger partial charge in [0.1, 0.15) is 0 Å². The highest BCUT2D eigenvalue weighted by Gasteiger charge is 2.40. The summed E-state index contributed by atoms with van der Waals surface area (Å²) >= 11 is 0. The Hall–Kier alpha value is -1.24. The van der Waals surface area contributed by atoms with E-state index in [1.54, 1.807) is 0 Å². The third-order valence-electron chi connectivity index (χ3n) is 8.46. The maximum absolute atomic E-state index is 5.84. The van der Waals surface area contributed by atoms with Crippen LogP contribution < -0.4 is 4.90 Å². The van der Waals surface area contributed by atoms with E-state index in [2.05, 4.69) is 40.9 Å². The van der Waals surface area contributed by atoms with E-state index in [1.807, 2.05) is 0 Å². The van der Waals surface area contributed by atoms with E-state index in [1.165, 1.54) is 83.1 Å². The summed E-state index contributed by atoms with van der Waals surface area (Å²) in [5.41, 5.74) is 1.35. The van der Waals surface area contributed by atoms with Gasteiger partial charge in [-0.3, -0.25) is 4.90 Å². The summed E-state index contributed by atoms with van der Waals surface area (Å²) in [7, 11) is 0. The lowest BCUT2D eigenvalue weighted by Crippen LogP contribution is -2.54. The van der Waals surface area contributed by atoms with Gasteiger partial charge in [-0.15, -0.1) is 0 Å². The van der Waals surface area contributed by atoms with Gasteiger partial charge in [0.25, 0.3) is 0 Å². The zero-order chi connectivity index (χ0) is 21.2. The minimum absolute atomic E-state index is 0.509. The third kappa shape index (κ3) is 4.62. The Morgan fingerprint density at radius 1 is 0.839 bits per heavy atom. The van der Waals surface area contributed by atoms with Gasteiger partial charge in [0.2, 0.25) is 5.95 Å². The Morgan fingerprint density at radius 2 is 1.45 bits per heavy atom. The summed E-state index contributed by atoms with van der Waals surface area (Å²) in [6.07, 6.45) is 14.9. The van der Waals surface area contributed by atoms with Gasteiger partial charge in [0.05, 0.1) is 6.10 Å². The number of hydrogen-bond acceptors (Lipinski definition) is 6. The van der Waals surface area contributed by atoms with Crippen LogP contribution in [0.1, 0.15) is 76.7 Å². The first-order valence-corrected chi connectivity index (χ1v) is 12.9. The Balaban J connectivity index is 1.13. The summed E-state index contributed by atoms with van der Waals surface area (Å²) in [5, 5.41) is 0. The minimum Gasteiger partial charge on any atom is -0.379 e. The van der Waals surface area contributed by atoms with E-state index in [4.69, 9.17) is 14.7 Å². The molecule has 6 nitrogen and oxygen atoms in total. The molecule has 2 unspecified atom stereocenters. The number of anilines is 1. The minimum atomic E-state index is 0.509. The molecule has 0 spiro atoms. The monoisotopic (exact) mass is 427 g/mol. The van der Waals surface area contributed by atoms with Crippen molar-refractivity contribution in [2.45, 2.75) is 95.4 Å². The number of nitrogens with zero attached hydrogens (tertiary/aromatic N) is 5. The van der Waals surface area contributed by atoms with Crippen molar-refractivity contribution >= 4 is 5.95 Å². The molecular formula is C25H41N5O. The topological polar surface area (TPSA) is 44.7 Å². The van der Waals surface area contributed by atoms with Gasteiger partial charge in [0.15, 0.2) is 0 Å². The van der Waals surface area contributed by atoms with E-state index < -0.39 is 0 Å². The van der Waals surface area contributed by atoms with E-state index in [0.29, 0.717) is 24.1 Å². The molecule has 6 heteroatoms. The molecule has 0 amide bonds. The number of ether oxygens (including phenoxy) is 1. The largest absolute Gasteiger partial charge is 0.379 e. The highest BCUT2D eigenvalue weighted by atomic mass is 16.5. The fraction of sp³-hybridized carbons (Fsp3) is 0.840. The Labute approximate surface area is 188 Å². The quantitative estimate of drug-likeness (QED) is 0.690. The molecule has 4 aliphatic rings. The molecule has 1 aliphatic carbocycles. The van der Waals surface area contributed by atoms with Crippen LogP contribution in [0.25, 0.3) is 0 Å². The maximum Gasteiger partial charge on any atom is 0.225 e. The summed E-state index contributed by atoms with van der Waals surface area (Å²) < 4.78 is 5.84. The molecular weight excluding hydrogens is 386 g/mol. The zero-order valence-corrected chi connectivity index (χ0v) is 19.6. The van der Waals surface area contributed by atoms with Crippen LogP contribution >= 0.6 is 0 Å². The fourth-order valence-electron chi connectivity index (χ4n) is 6.66. The van der Waals surface area contributed by atoms with Crippen LogP contribution in [-0.4, -0.2) is 83.3 Å². The first-order chi connectivity index (χ1) is 15.2. The zero-order valence-electron chi connectivity index (χ0n) is 19.6. The lowest BCUT2D eigenvalue weighted by atomic mass is 9.87. The number of rotatable bonds is 6. The van der Waals surface area contributed by atoms with E-state index >= 15 is 0 Å². The van der Waals surface area contributed by atoms with E-state index in [9.17, 15) is 0 Å². The molecule has 1 saturated carbocycles. The first kappa shape index (κ1) is 21.6. The SMILES string of the molecule is CCOC1CCC(N2CCC(c3cnc(N4C5CCC4CN(CC)C5)nc3)CC2)CC1. The predicted molar refractivity (Wildman–Crippen MR) is 125 cm³/mol. The standard InChI is InChI=1S/C25H41N5O/c1-3-28-17-22-5-6-23(18-28)30(22)25-26-15-20(16-27-25)19-11-13-29(14-12-19)21-7-9-24(10-8-21)31-4-2/h15-16,19,21-24H,3-14,17-18H2,1-2H3. The van der Waals surface area contributed by atoms with Gasteiger partial charge in [-0.1, -0.05) is 6.92 Å². The highest BCUT2D eigenvalue weighted by Crippen LogP contribution is 2.35. The number of likely N-dealkylation sites (tertiary alicyclic amines) is 2. The van der Waals surface area contributed by atoms with Crippen LogP contribution in [-0.2, 0) is 4.74 Å². The average Bonchev–Trinajstić information content (AvgIpc) is 3.09. The summed E-state index contributed by atoms with van der Waals surface area (Å²) in [4.78, 5) is 17.6. The molecule has 4 fully saturated rings. The normalized spacial score (nSPS) is 33.2. The molecule has 2 atom stereocenters. The summed E-state index contributed by atoms with van der Waals surface area (Å²) in [5.74, 6) is 1.59. The maximum atomic E-state index is 5.84. The average molecular weight is 428 g/mol. The van der Waals surface area contributed by atoms with Crippen molar-refractivity contribution in [3.8, 4) is 0 Å². The van der Waals surface area contributed by atoms with Crippen molar-refractivity contribution in [1.29, 1.82) is 0 Å². The van der Waals surface area contributed by atoms with Gasteiger partial charge in [-0.05, 0) is 89.4 Å². The second kappa shape index (κ2) is 9.72. The molecule has 1 aromatic heterocycles. The van der Waals surface area contributed by atoms with Crippen LogP contribution in [0.5, 0.6) is 0 Å². The second-order valence-electron chi connectivity index (χ2n) is 10.2. The molecule has 1 aromatic rings. The molecule has 0 N–H and O–H groups in total. The molecule has 3 saturated heterocycles. The number of fused-ring (bicyclic) bond motifs is 2. The van der Waals surface area contributed by atoms with Crippen molar-refractivity contribution in [3.05, 3.63) is 18.0 Å². The lowest BCUT2D eigenvalue weighted by Gasteiger charge is -2.41. The predicted octanol–water partition coefficient (Wildman–Crippen LogP) is 3.68. The molecule has 3 aliphatic heterocycles. The van der Waals surface area contributed by atoms with Crippen molar-refractivity contribution in [1.82, 2.24) is 19.8 Å². The molecule has 4 heterocycles. The first-order valence-electron chi connectivity index (χ1n) is 12.9.